The van der Waals surface area contributed by atoms with Crippen molar-refractivity contribution in [2.24, 2.45) is 5.73 Å². The molecule has 2 amide bonds. The number of carbonyl (C=O) groups is 2. The molecule has 18 heavy (non-hydrogen) atoms. The zero-order chi connectivity index (χ0) is 13.0. The van der Waals surface area contributed by atoms with Crippen LogP contribution in [0.2, 0.25) is 0 Å². The minimum atomic E-state index is -0.0748. The molecule has 0 bridgehead atoms. The lowest BCUT2D eigenvalue weighted by molar-refractivity contribution is -0.148. The van der Waals surface area contributed by atoms with Gasteiger partial charge in [-0.1, -0.05) is 11.8 Å². The van der Waals surface area contributed by atoms with E-state index in [1.807, 2.05) is 11.4 Å². The standard InChI is InChI=1S/C13H14N2O2S/c14-6-2-3-10-7-11(18-9-10)8-15-12(16)4-1-5-13(15)17/h7,9H,1,4-6,8,14H2. The van der Waals surface area contributed by atoms with Gasteiger partial charge >= 0.3 is 0 Å². The predicted octanol–water partition coefficient (Wildman–Crippen LogP) is 1.10. The molecule has 1 aromatic rings. The molecule has 2 heterocycles. The fraction of sp³-hybridized carbons (Fsp3) is 0.385. The Morgan fingerprint density at radius 2 is 2.06 bits per heavy atom. The summed E-state index contributed by atoms with van der Waals surface area (Å²) >= 11 is 1.51. The van der Waals surface area contributed by atoms with Crippen molar-refractivity contribution in [2.45, 2.75) is 25.8 Å². The van der Waals surface area contributed by atoms with E-state index in [9.17, 15) is 9.59 Å². The molecule has 0 saturated carbocycles. The minimum Gasteiger partial charge on any atom is -0.320 e. The normalized spacial score (nSPS) is 15.5. The predicted molar refractivity (Wildman–Crippen MR) is 69.7 cm³/mol. The van der Waals surface area contributed by atoms with Gasteiger partial charge in [-0.25, -0.2) is 0 Å². The van der Waals surface area contributed by atoms with Crippen molar-refractivity contribution in [1.29, 1.82) is 0 Å². The number of likely N-dealkylation sites (tertiary alicyclic amines) is 1. The summed E-state index contributed by atoms with van der Waals surface area (Å²) in [6.07, 6.45) is 1.61. The maximum Gasteiger partial charge on any atom is 0.229 e. The number of rotatable bonds is 2. The molecule has 4 nitrogen and oxygen atoms in total. The van der Waals surface area contributed by atoms with E-state index in [2.05, 4.69) is 11.8 Å². The molecule has 1 aliphatic heterocycles. The van der Waals surface area contributed by atoms with Crippen molar-refractivity contribution >= 4 is 23.2 Å². The highest BCUT2D eigenvalue weighted by Gasteiger charge is 2.26. The molecule has 1 aliphatic rings. The van der Waals surface area contributed by atoms with Crippen molar-refractivity contribution in [1.82, 2.24) is 4.90 Å². The first-order valence-corrected chi connectivity index (χ1v) is 6.68. The van der Waals surface area contributed by atoms with Gasteiger partial charge in [0.1, 0.15) is 0 Å². The first-order valence-electron chi connectivity index (χ1n) is 5.80. The van der Waals surface area contributed by atoms with Gasteiger partial charge in [-0.2, -0.15) is 0 Å². The van der Waals surface area contributed by atoms with Gasteiger partial charge in [0.05, 0.1) is 13.1 Å². The Bertz CT molecular complexity index is 509. The number of hydrogen-bond donors (Lipinski definition) is 1. The molecule has 1 aromatic heterocycles. The lowest BCUT2D eigenvalue weighted by Crippen LogP contribution is -2.39. The van der Waals surface area contributed by atoms with Crippen molar-refractivity contribution in [2.75, 3.05) is 6.54 Å². The highest BCUT2D eigenvalue weighted by atomic mass is 32.1. The topological polar surface area (TPSA) is 63.4 Å². The van der Waals surface area contributed by atoms with Gasteiger partial charge in [0.25, 0.3) is 0 Å². The second kappa shape index (κ2) is 5.80. The van der Waals surface area contributed by atoms with Crippen LogP contribution in [0.5, 0.6) is 0 Å². The van der Waals surface area contributed by atoms with Gasteiger partial charge in [0.2, 0.25) is 11.8 Å². The lowest BCUT2D eigenvalue weighted by atomic mass is 10.1. The van der Waals surface area contributed by atoms with Crippen LogP contribution in [0.1, 0.15) is 29.7 Å². The number of thiophene rings is 1. The smallest absolute Gasteiger partial charge is 0.229 e. The number of nitrogens with zero attached hydrogens (tertiary/aromatic N) is 1. The molecule has 1 fully saturated rings. The van der Waals surface area contributed by atoms with Crippen LogP contribution < -0.4 is 5.73 Å². The Morgan fingerprint density at radius 3 is 2.72 bits per heavy atom. The summed E-state index contributed by atoms with van der Waals surface area (Å²) in [7, 11) is 0. The quantitative estimate of drug-likeness (QED) is 0.641. The second-order valence-corrected chi connectivity index (χ2v) is 5.03. The van der Waals surface area contributed by atoms with E-state index in [4.69, 9.17) is 5.73 Å². The van der Waals surface area contributed by atoms with Gasteiger partial charge in [-0.15, -0.1) is 11.3 Å². The summed E-state index contributed by atoms with van der Waals surface area (Å²) in [6, 6.07) is 1.91. The Morgan fingerprint density at radius 1 is 1.33 bits per heavy atom. The Kier molecular flexibility index (Phi) is 4.13. The van der Waals surface area contributed by atoms with Gasteiger partial charge in [0, 0.05) is 28.7 Å². The van der Waals surface area contributed by atoms with Crippen molar-refractivity contribution in [3.63, 3.8) is 0 Å². The van der Waals surface area contributed by atoms with E-state index < -0.39 is 0 Å². The molecule has 0 unspecified atom stereocenters. The van der Waals surface area contributed by atoms with Crippen LogP contribution in [0.3, 0.4) is 0 Å². The summed E-state index contributed by atoms with van der Waals surface area (Å²) in [5, 5.41) is 1.91. The molecule has 94 valence electrons. The molecule has 0 aliphatic carbocycles. The van der Waals surface area contributed by atoms with E-state index >= 15 is 0 Å². The van der Waals surface area contributed by atoms with Crippen LogP contribution in [0.4, 0.5) is 0 Å². The van der Waals surface area contributed by atoms with Gasteiger partial charge < -0.3 is 5.73 Å². The number of nitrogens with two attached hydrogens (primary N) is 1. The molecule has 0 aromatic carbocycles. The number of amides is 2. The van der Waals surface area contributed by atoms with Crippen molar-refractivity contribution in [3.05, 3.63) is 21.9 Å². The average Bonchev–Trinajstić information content (AvgIpc) is 2.79. The Balaban J connectivity index is 2.06. The van der Waals surface area contributed by atoms with E-state index in [0.29, 0.717) is 32.4 Å². The molecule has 0 atom stereocenters. The number of carbonyl (C=O) groups excluding carboxylic acids is 2. The Hall–Kier alpha value is -1.64. The van der Waals surface area contributed by atoms with Crippen LogP contribution in [0, 0.1) is 11.8 Å². The molecule has 0 spiro atoms. The largest absolute Gasteiger partial charge is 0.320 e. The number of hydrogen-bond acceptors (Lipinski definition) is 4. The molecular weight excluding hydrogens is 248 g/mol. The van der Waals surface area contributed by atoms with Gasteiger partial charge in [0.15, 0.2) is 0 Å². The SMILES string of the molecule is NCC#Cc1csc(CN2C(=O)CCCC2=O)c1. The average molecular weight is 262 g/mol. The van der Waals surface area contributed by atoms with Crippen LogP contribution in [-0.4, -0.2) is 23.3 Å². The van der Waals surface area contributed by atoms with Crippen molar-refractivity contribution in [3.8, 4) is 11.8 Å². The molecule has 2 N–H and O–H groups in total. The van der Waals surface area contributed by atoms with Crippen molar-refractivity contribution < 1.29 is 9.59 Å². The molecule has 1 saturated heterocycles. The fourth-order valence-corrected chi connectivity index (χ4v) is 2.62. The Labute approximate surface area is 110 Å². The highest BCUT2D eigenvalue weighted by Crippen LogP contribution is 2.20. The van der Waals surface area contributed by atoms with Gasteiger partial charge in [-0.05, 0) is 12.5 Å². The summed E-state index contributed by atoms with van der Waals surface area (Å²) < 4.78 is 0. The van der Waals surface area contributed by atoms with E-state index in [-0.39, 0.29) is 11.8 Å². The minimum absolute atomic E-state index is 0.0748. The van der Waals surface area contributed by atoms with Crippen LogP contribution in [-0.2, 0) is 16.1 Å². The monoisotopic (exact) mass is 262 g/mol. The molecular formula is C13H14N2O2S. The third-order valence-electron chi connectivity index (χ3n) is 2.69. The second-order valence-electron chi connectivity index (χ2n) is 4.03. The summed E-state index contributed by atoms with van der Waals surface area (Å²) in [6.45, 7) is 0.695. The van der Waals surface area contributed by atoms with E-state index in [1.54, 1.807) is 0 Å². The zero-order valence-electron chi connectivity index (χ0n) is 9.94. The van der Waals surface area contributed by atoms with Crippen LogP contribution >= 0.6 is 11.3 Å². The fourth-order valence-electron chi connectivity index (χ4n) is 1.81. The first kappa shape index (κ1) is 12.8. The summed E-state index contributed by atoms with van der Waals surface area (Å²) in [5.41, 5.74) is 6.19. The van der Waals surface area contributed by atoms with E-state index in [1.165, 1.54) is 16.2 Å². The third-order valence-corrected chi connectivity index (χ3v) is 3.61. The van der Waals surface area contributed by atoms with Crippen LogP contribution in [0.15, 0.2) is 11.4 Å². The first-order chi connectivity index (χ1) is 8.70. The molecule has 0 radical (unpaired) electrons. The summed E-state index contributed by atoms with van der Waals surface area (Å²) in [5.74, 6) is 5.56. The lowest BCUT2D eigenvalue weighted by Gasteiger charge is -2.24. The van der Waals surface area contributed by atoms with E-state index in [0.717, 1.165) is 10.4 Å². The van der Waals surface area contributed by atoms with Crippen LogP contribution in [0.25, 0.3) is 0 Å². The number of piperidine rings is 1. The maximum absolute atomic E-state index is 11.7. The summed E-state index contributed by atoms with van der Waals surface area (Å²) in [4.78, 5) is 25.6. The molecule has 2 rings (SSSR count). The zero-order valence-corrected chi connectivity index (χ0v) is 10.8. The molecule has 5 heteroatoms. The number of imide groups is 1. The third kappa shape index (κ3) is 2.97. The maximum atomic E-state index is 11.7. The van der Waals surface area contributed by atoms with Gasteiger partial charge in [-0.3, -0.25) is 14.5 Å². The highest BCUT2D eigenvalue weighted by molar-refractivity contribution is 7.10.